The second-order valence-corrected chi connectivity index (χ2v) is 6.69. The second-order valence-electron chi connectivity index (χ2n) is 6.69. The zero-order valence-corrected chi connectivity index (χ0v) is 15.3. The van der Waals surface area contributed by atoms with E-state index in [-0.39, 0.29) is 23.4 Å². The third-order valence-electron chi connectivity index (χ3n) is 4.79. The molecule has 8 heteroatoms. The summed E-state index contributed by atoms with van der Waals surface area (Å²) in [4.78, 5) is 36.4. The lowest BCUT2D eigenvalue weighted by molar-refractivity contribution is -0.384. The van der Waals surface area contributed by atoms with Gasteiger partial charge in [0, 0.05) is 31.8 Å². The fourth-order valence-electron chi connectivity index (χ4n) is 3.27. The molecule has 1 heterocycles. The van der Waals surface area contributed by atoms with Gasteiger partial charge in [0.05, 0.1) is 21.7 Å². The number of amides is 1. The third-order valence-corrected chi connectivity index (χ3v) is 4.79. The van der Waals surface area contributed by atoms with Crippen molar-refractivity contribution in [3.63, 3.8) is 0 Å². The third kappa shape index (κ3) is 4.46. The predicted octanol–water partition coefficient (Wildman–Crippen LogP) is 3.21. The van der Waals surface area contributed by atoms with Crippen molar-refractivity contribution in [2.75, 3.05) is 18.0 Å². The SMILES string of the molecule is O=C(O)c1ccc(CNC(=O)c2cc([N+](=O)[O-])ccc2N2CCCCC2)cc1. The van der Waals surface area contributed by atoms with Crippen LogP contribution in [0.1, 0.15) is 45.5 Å². The van der Waals surface area contributed by atoms with Crippen LogP contribution in [0.4, 0.5) is 11.4 Å². The zero-order chi connectivity index (χ0) is 20.1. The summed E-state index contributed by atoms with van der Waals surface area (Å²) in [5.74, 6) is -1.41. The largest absolute Gasteiger partial charge is 0.478 e. The first-order valence-corrected chi connectivity index (χ1v) is 9.09. The van der Waals surface area contributed by atoms with Crippen LogP contribution in [0.2, 0.25) is 0 Å². The highest BCUT2D eigenvalue weighted by molar-refractivity contribution is 6.00. The first-order valence-electron chi connectivity index (χ1n) is 9.09. The van der Waals surface area contributed by atoms with Gasteiger partial charge in [-0.2, -0.15) is 0 Å². The molecule has 8 nitrogen and oxygen atoms in total. The van der Waals surface area contributed by atoms with Gasteiger partial charge in [0.1, 0.15) is 0 Å². The number of nitrogens with zero attached hydrogens (tertiary/aromatic N) is 2. The van der Waals surface area contributed by atoms with Crippen molar-refractivity contribution in [3.8, 4) is 0 Å². The standard InChI is InChI=1S/C20H21N3O5/c24-19(21-13-14-4-6-15(7-5-14)20(25)26)17-12-16(23(27)28)8-9-18(17)22-10-2-1-3-11-22/h4-9,12H,1-3,10-11,13H2,(H,21,24)(H,25,26). The lowest BCUT2D eigenvalue weighted by atomic mass is 10.1. The number of carbonyl (C=O) groups is 2. The fraction of sp³-hybridized carbons (Fsp3) is 0.300. The smallest absolute Gasteiger partial charge is 0.335 e. The molecule has 0 unspecified atom stereocenters. The number of nitrogens with one attached hydrogen (secondary N) is 1. The van der Waals surface area contributed by atoms with Crippen LogP contribution >= 0.6 is 0 Å². The number of rotatable bonds is 6. The average Bonchev–Trinajstić information content (AvgIpc) is 2.72. The molecule has 0 aliphatic carbocycles. The first-order chi connectivity index (χ1) is 13.5. The van der Waals surface area contributed by atoms with Gasteiger partial charge in [0.15, 0.2) is 0 Å². The van der Waals surface area contributed by atoms with Crippen LogP contribution in [0.3, 0.4) is 0 Å². The van der Waals surface area contributed by atoms with Crippen molar-refractivity contribution in [1.82, 2.24) is 5.32 Å². The number of piperidine rings is 1. The van der Waals surface area contributed by atoms with E-state index in [1.807, 2.05) is 0 Å². The number of carboxylic acids is 1. The molecule has 146 valence electrons. The van der Waals surface area contributed by atoms with Gasteiger partial charge in [-0.05, 0) is 43.0 Å². The van der Waals surface area contributed by atoms with Gasteiger partial charge in [-0.1, -0.05) is 12.1 Å². The highest BCUT2D eigenvalue weighted by atomic mass is 16.6. The highest BCUT2D eigenvalue weighted by Gasteiger charge is 2.21. The summed E-state index contributed by atoms with van der Waals surface area (Å²) in [6.45, 7) is 1.82. The van der Waals surface area contributed by atoms with Crippen LogP contribution in [0.25, 0.3) is 0 Å². The van der Waals surface area contributed by atoms with Crippen molar-refractivity contribution < 1.29 is 19.6 Å². The highest BCUT2D eigenvalue weighted by Crippen LogP contribution is 2.28. The number of non-ortho nitro benzene ring substituents is 1. The number of nitro benzene ring substituents is 1. The van der Waals surface area contributed by atoms with E-state index in [0.717, 1.165) is 37.9 Å². The Morgan fingerprint density at radius 3 is 2.36 bits per heavy atom. The van der Waals surface area contributed by atoms with E-state index in [1.165, 1.54) is 24.3 Å². The van der Waals surface area contributed by atoms with Gasteiger partial charge < -0.3 is 15.3 Å². The number of anilines is 1. The van der Waals surface area contributed by atoms with Crippen LogP contribution < -0.4 is 10.2 Å². The van der Waals surface area contributed by atoms with E-state index < -0.39 is 16.8 Å². The topological polar surface area (TPSA) is 113 Å². The Labute approximate surface area is 161 Å². The molecule has 2 N–H and O–H groups in total. The molecule has 0 saturated carbocycles. The Morgan fingerprint density at radius 2 is 1.75 bits per heavy atom. The molecule has 2 aromatic rings. The molecule has 0 spiro atoms. The van der Waals surface area contributed by atoms with Crippen LogP contribution in [0, 0.1) is 10.1 Å². The summed E-state index contributed by atoms with van der Waals surface area (Å²) < 4.78 is 0. The molecular formula is C20H21N3O5. The van der Waals surface area contributed by atoms with Crippen LogP contribution in [-0.4, -0.2) is 35.0 Å². The number of carboxylic acid groups (broad SMARTS) is 1. The molecule has 1 saturated heterocycles. The van der Waals surface area contributed by atoms with Crippen molar-refractivity contribution >= 4 is 23.3 Å². The van der Waals surface area contributed by atoms with Gasteiger partial charge in [-0.25, -0.2) is 4.79 Å². The maximum Gasteiger partial charge on any atom is 0.335 e. The number of aromatic carboxylic acids is 1. The van der Waals surface area contributed by atoms with E-state index in [1.54, 1.807) is 18.2 Å². The Bertz CT molecular complexity index is 889. The Kier molecular flexibility index (Phi) is 5.88. The van der Waals surface area contributed by atoms with E-state index in [9.17, 15) is 19.7 Å². The van der Waals surface area contributed by atoms with Gasteiger partial charge in [0.25, 0.3) is 11.6 Å². The summed E-state index contributed by atoms with van der Waals surface area (Å²) in [5, 5.41) is 22.9. The van der Waals surface area contributed by atoms with Gasteiger partial charge >= 0.3 is 5.97 Å². The first kappa shape index (κ1) is 19.3. The molecule has 1 aliphatic rings. The molecule has 0 radical (unpaired) electrons. The van der Waals surface area contributed by atoms with Gasteiger partial charge in [0.2, 0.25) is 0 Å². The number of carbonyl (C=O) groups excluding carboxylic acids is 1. The summed E-state index contributed by atoms with van der Waals surface area (Å²) >= 11 is 0. The van der Waals surface area contributed by atoms with E-state index >= 15 is 0 Å². The summed E-state index contributed by atoms with van der Waals surface area (Å²) in [5.41, 5.74) is 1.75. The molecule has 1 fully saturated rings. The normalized spacial score (nSPS) is 13.8. The van der Waals surface area contributed by atoms with Crippen molar-refractivity contribution in [2.45, 2.75) is 25.8 Å². The molecule has 1 aliphatic heterocycles. The monoisotopic (exact) mass is 383 g/mol. The molecule has 0 bridgehead atoms. The number of benzene rings is 2. The Hall–Kier alpha value is -3.42. The minimum Gasteiger partial charge on any atom is -0.478 e. The number of hydrogen-bond donors (Lipinski definition) is 2. The van der Waals surface area contributed by atoms with E-state index in [4.69, 9.17) is 5.11 Å². The maximum atomic E-state index is 12.8. The van der Waals surface area contributed by atoms with Crippen LogP contribution in [0.5, 0.6) is 0 Å². The summed E-state index contributed by atoms with van der Waals surface area (Å²) in [7, 11) is 0. The zero-order valence-electron chi connectivity index (χ0n) is 15.3. The summed E-state index contributed by atoms with van der Waals surface area (Å²) in [6.07, 6.45) is 3.18. The van der Waals surface area contributed by atoms with Crippen LogP contribution in [-0.2, 0) is 6.54 Å². The molecular weight excluding hydrogens is 362 g/mol. The fourth-order valence-corrected chi connectivity index (χ4v) is 3.27. The average molecular weight is 383 g/mol. The molecule has 28 heavy (non-hydrogen) atoms. The number of nitro groups is 1. The predicted molar refractivity (Wildman–Crippen MR) is 104 cm³/mol. The number of hydrogen-bond acceptors (Lipinski definition) is 5. The van der Waals surface area contributed by atoms with Crippen molar-refractivity contribution in [1.29, 1.82) is 0 Å². The van der Waals surface area contributed by atoms with Gasteiger partial charge in [-0.3, -0.25) is 14.9 Å². The lowest BCUT2D eigenvalue weighted by Gasteiger charge is -2.30. The van der Waals surface area contributed by atoms with E-state index in [0.29, 0.717) is 5.69 Å². The minimum absolute atomic E-state index is 0.128. The van der Waals surface area contributed by atoms with Gasteiger partial charge in [-0.15, -0.1) is 0 Å². The Balaban J connectivity index is 1.79. The minimum atomic E-state index is -1.02. The van der Waals surface area contributed by atoms with E-state index in [2.05, 4.69) is 10.2 Å². The quantitative estimate of drug-likeness (QED) is 0.585. The Morgan fingerprint density at radius 1 is 1.07 bits per heavy atom. The van der Waals surface area contributed by atoms with Crippen molar-refractivity contribution in [3.05, 3.63) is 69.3 Å². The molecule has 0 aromatic heterocycles. The summed E-state index contributed by atoms with van der Waals surface area (Å²) in [6, 6.07) is 10.6. The molecule has 0 atom stereocenters. The lowest BCUT2D eigenvalue weighted by Crippen LogP contribution is -2.32. The second kappa shape index (κ2) is 8.51. The maximum absolute atomic E-state index is 12.8. The van der Waals surface area contributed by atoms with Crippen molar-refractivity contribution in [2.24, 2.45) is 0 Å². The molecule has 1 amide bonds. The molecule has 2 aromatic carbocycles. The molecule has 3 rings (SSSR count). The van der Waals surface area contributed by atoms with Crippen LogP contribution in [0.15, 0.2) is 42.5 Å².